The molecule has 43 heavy (non-hydrogen) atoms. The molecule has 2 amide bonds. The van der Waals surface area contributed by atoms with Crippen molar-refractivity contribution in [3.05, 3.63) is 84.4 Å². The topological polar surface area (TPSA) is 96.0 Å². The monoisotopic (exact) mass is 625 g/mol. The Morgan fingerprint density at radius 1 is 0.907 bits per heavy atom. The molecule has 0 heterocycles. The smallest absolute Gasteiger partial charge is 0.264 e. The highest BCUT2D eigenvalue weighted by Crippen LogP contribution is 2.28. The molecule has 3 rings (SSSR count). The molecule has 0 radical (unpaired) electrons. The number of hydrogen-bond acceptors (Lipinski definition) is 6. The van der Waals surface area contributed by atoms with Crippen LogP contribution in [0.5, 0.6) is 5.75 Å². The van der Waals surface area contributed by atoms with Crippen molar-refractivity contribution in [2.45, 2.75) is 68.8 Å². The Hall–Kier alpha value is -3.50. The van der Waals surface area contributed by atoms with Gasteiger partial charge in [-0.2, -0.15) is 0 Å². The SMILES string of the molecule is CCOc1ccc(N(CC(=O)N(CCc2ccccc2)C(CC)C(=O)NC(C)CC)S(=O)(=O)c2ccc(SC)cc2)cc1. The number of nitrogens with one attached hydrogen (secondary N) is 1. The fourth-order valence-corrected chi connectivity index (χ4v) is 6.44. The van der Waals surface area contributed by atoms with Gasteiger partial charge in [0.1, 0.15) is 18.3 Å². The van der Waals surface area contributed by atoms with Crippen LogP contribution in [-0.4, -0.2) is 63.2 Å². The van der Waals surface area contributed by atoms with Crippen LogP contribution in [0.25, 0.3) is 0 Å². The molecule has 232 valence electrons. The molecular formula is C33H43N3O5S2. The predicted molar refractivity (Wildman–Crippen MR) is 174 cm³/mol. The predicted octanol–water partition coefficient (Wildman–Crippen LogP) is 5.77. The number of ether oxygens (including phenoxy) is 1. The van der Waals surface area contributed by atoms with Crippen molar-refractivity contribution in [1.29, 1.82) is 0 Å². The van der Waals surface area contributed by atoms with Crippen molar-refractivity contribution < 1.29 is 22.7 Å². The number of amides is 2. The third-order valence-electron chi connectivity index (χ3n) is 7.23. The van der Waals surface area contributed by atoms with Gasteiger partial charge in [0.2, 0.25) is 11.8 Å². The normalized spacial score (nSPS) is 12.7. The van der Waals surface area contributed by atoms with E-state index >= 15 is 0 Å². The Morgan fingerprint density at radius 2 is 1.56 bits per heavy atom. The van der Waals surface area contributed by atoms with Crippen LogP contribution in [0, 0.1) is 0 Å². The minimum absolute atomic E-state index is 0.0578. The standard InChI is InChI=1S/C33H43N3O5S2/c1-6-25(4)34-33(38)31(7-2)35(23-22-26-12-10-9-11-13-26)32(37)24-36(27-14-16-28(17-15-27)41-8-3)43(39,40)30-20-18-29(42-5)19-21-30/h9-21,25,31H,6-8,22-24H2,1-5H3,(H,34,38). The lowest BCUT2D eigenvalue weighted by atomic mass is 10.1. The molecule has 0 aliphatic heterocycles. The number of rotatable bonds is 16. The maximum absolute atomic E-state index is 14.2. The van der Waals surface area contributed by atoms with Gasteiger partial charge in [-0.15, -0.1) is 11.8 Å². The Labute approximate surface area is 260 Å². The third-order valence-corrected chi connectivity index (χ3v) is 9.76. The van der Waals surface area contributed by atoms with Gasteiger partial charge in [0, 0.05) is 17.5 Å². The summed E-state index contributed by atoms with van der Waals surface area (Å²) in [5, 5.41) is 3.00. The van der Waals surface area contributed by atoms with Gasteiger partial charge in [0.25, 0.3) is 10.0 Å². The number of anilines is 1. The molecular weight excluding hydrogens is 583 g/mol. The molecule has 2 atom stereocenters. The summed E-state index contributed by atoms with van der Waals surface area (Å²) in [6.07, 6.45) is 3.57. The zero-order chi connectivity index (χ0) is 31.4. The zero-order valence-electron chi connectivity index (χ0n) is 25.7. The van der Waals surface area contributed by atoms with E-state index in [1.54, 1.807) is 48.5 Å². The van der Waals surface area contributed by atoms with Crippen molar-refractivity contribution in [1.82, 2.24) is 10.2 Å². The second kappa shape index (κ2) is 16.4. The first-order chi connectivity index (χ1) is 20.6. The van der Waals surface area contributed by atoms with Gasteiger partial charge in [-0.25, -0.2) is 8.42 Å². The Bertz CT molecular complexity index is 1420. The molecule has 0 aromatic heterocycles. The summed E-state index contributed by atoms with van der Waals surface area (Å²) in [6.45, 7) is 7.89. The van der Waals surface area contributed by atoms with Gasteiger partial charge in [-0.1, -0.05) is 44.2 Å². The number of thioether (sulfide) groups is 1. The number of sulfonamides is 1. The van der Waals surface area contributed by atoms with E-state index in [0.717, 1.165) is 21.2 Å². The van der Waals surface area contributed by atoms with Crippen LogP contribution < -0.4 is 14.4 Å². The van der Waals surface area contributed by atoms with Crippen LogP contribution >= 0.6 is 11.8 Å². The van der Waals surface area contributed by atoms with Crippen LogP contribution in [0.3, 0.4) is 0 Å². The minimum Gasteiger partial charge on any atom is -0.494 e. The molecule has 0 spiro atoms. The molecule has 0 aliphatic carbocycles. The van der Waals surface area contributed by atoms with Gasteiger partial charge in [-0.05, 0) is 93.5 Å². The molecule has 2 unspecified atom stereocenters. The molecule has 8 nitrogen and oxygen atoms in total. The van der Waals surface area contributed by atoms with E-state index in [1.165, 1.54) is 16.7 Å². The van der Waals surface area contributed by atoms with Crippen molar-refractivity contribution in [2.75, 3.05) is 30.3 Å². The van der Waals surface area contributed by atoms with E-state index in [4.69, 9.17) is 4.74 Å². The first kappa shape index (κ1) is 34.0. The molecule has 10 heteroatoms. The molecule has 0 saturated carbocycles. The van der Waals surface area contributed by atoms with Crippen LogP contribution in [-0.2, 0) is 26.0 Å². The quantitative estimate of drug-likeness (QED) is 0.203. The maximum Gasteiger partial charge on any atom is 0.264 e. The number of benzene rings is 3. The third kappa shape index (κ3) is 9.24. The second-order valence-electron chi connectivity index (χ2n) is 10.2. The summed E-state index contributed by atoms with van der Waals surface area (Å²) < 4.78 is 34.8. The number of hydrogen-bond donors (Lipinski definition) is 1. The van der Waals surface area contributed by atoms with E-state index in [2.05, 4.69) is 5.32 Å². The minimum atomic E-state index is -4.14. The van der Waals surface area contributed by atoms with Gasteiger partial charge in [0.15, 0.2) is 0 Å². The lowest BCUT2D eigenvalue weighted by molar-refractivity contribution is -0.139. The molecule has 1 N–H and O–H groups in total. The summed E-state index contributed by atoms with van der Waals surface area (Å²) in [6, 6.07) is 22.1. The molecule has 0 aliphatic rings. The van der Waals surface area contributed by atoms with E-state index in [0.29, 0.717) is 30.9 Å². The Morgan fingerprint density at radius 3 is 2.12 bits per heavy atom. The summed E-state index contributed by atoms with van der Waals surface area (Å²) in [5.74, 6) is -0.113. The van der Waals surface area contributed by atoms with Crippen LogP contribution in [0.4, 0.5) is 5.69 Å². The lowest BCUT2D eigenvalue weighted by Gasteiger charge is -2.33. The fourth-order valence-electron chi connectivity index (χ4n) is 4.62. The van der Waals surface area contributed by atoms with Crippen LogP contribution in [0.15, 0.2) is 88.7 Å². The molecule has 0 fully saturated rings. The molecule has 0 saturated heterocycles. The van der Waals surface area contributed by atoms with Gasteiger partial charge in [-0.3, -0.25) is 13.9 Å². The largest absolute Gasteiger partial charge is 0.494 e. The molecule has 0 bridgehead atoms. The summed E-state index contributed by atoms with van der Waals surface area (Å²) in [5.41, 5.74) is 1.34. The van der Waals surface area contributed by atoms with E-state index < -0.39 is 28.5 Å². The van der Waals surface area contributed by atoms with E-state index in [-0.39, 0.29) is 23.4 Å². The number of nitrogens with zero attached hydrogens (tertiary/aromatic N) is 2. The van der Waals surface area contributed by atoms with Crippen molar-refractivity contribution in [3.8, 4) is 5.75 Å². The first-order valence-corrected chi connectivity index (χ1v) is 17.3. The first-order valence-electron chi connectivity index (χ1n) is 14.7. The zero-order valence-corrected chi connectivity index (χ0v) is 27.3. The maximum atomic E-state index is 14.2. The second-order valence-corrected chi connectivity index (χ2v) is 12.9. The van der Waals surface area contributed by atoms with Gasteiger partial charge >= 0.3 is 0 Å². The number of carbonyl (C=O) groups is 2. The summed E-state index contributed by atoms with van der Waals surface area (Å²) in [4.78, 5) is 30.1. The Kier molecular flexibility index (Phi) is 12.9. The molecule has 3 aromatic carbocycles. The summed E-state index contributed by atoms with van der Waals surface area (Å²) >= 11 is 1.51. The highest BCUT2D eigenvalue weighted by Gasteiger charge is 2.33. The highest BCUT2D eigenvalue weighted by molar-refractivity contribution is 7.98. The van der Waals surface area contributed by atoms with Crippen LogP contribution in [0.2, 0.25) is 0 Å². The summed E-state index contributed by atoms with van der Waals surface area (Å²) in [7, 11) is -4.14. The average molecular weight is 626 g/mol. The van der Waals surface area contributed by atoms with E-state index in [9.17, 15) is 18.0 Å². The Balaban J connectivity index is 2.02. The van der Waals surface area contributed by atoms with Crippen molar-refractivity contribution in [2.24, 2.45) is 0 Å². The fraction of sp³-hybridized carbons (Fsp3) is 0.394. The van der Waals surface area contributed by atoms with Crippen molar-refractivity contribution >= 4 is 39.3 Å². The highest BCUT2D eigenvalue weighted by atomic mass is 32.2. The number of carbonyl (C=O) groups excluding carboxylic acids is 2. The van der Waals surface area contributed by atoms with E-state index in [1.807, 2.05) is 64.3 Å². The lowest BCUT2D eigenvalue weighted by Crippen LogP contribution is -2.54. The van der Waals surface area contributed by atoms with Gasteiger partial charge < -0.3 is 15.0 Å². The molecule has 3 aromatic rings. The van der Waals surface area contributed by atoms with Gasteiger partial charge in [0.05, 0.1) is 17.2 Å². The van der Waals surface area contributed by atoms with Crippen molar-refractivity contribution in [3.63, 3.8) is 0 Å². The average Bonchev–Trinajstić information content (AvgIpc) is 3.02. The van der Waals surface area contributed by atoms with Crippen LogP contribution in [0.1, 0.15) is 46.1 Å².